The fraction of sp³-hybridized carbons (Fsp3) is 0.300. The zero-order valence-electron chi connectivity index (χ0n) is 29.9. The van der Waals surface area contributed by atoms with E-state index in [1.807, 2.05) is 24.3 Å². The van der Waals surface area contributed by atoms with E-state index >= 15 is 0 Å². The minimum Gasteiger partial charge on any atom is -0.490 e. The number of rotatable bonds is 11. The molecular formula is C40H37N7O7. The summed E-state index contributed by atoms with van der Waals surface area (Å²) in [6.07, 6.45) is 3.41. The Kier molecular flexibility index (Phi) is 8.88. The van der Waals surface area contributed by atoms with E-state index in [1.165, 1.54) is 0 Å². The van der Waals surface area contributed by atoms with E-state index in [0.29, 0.717) is 23.1 Å². The van der Waals surface area contributed by atoms with Gasteiger partial charge in [0.05, 0.1) is 16.8 Å². The summed E-state index contributed by atoms with van der Waals surface area (Å²) in [6.45, 7) is 6.33. The molecule has 4 heterocycles. The number of anilines is 1. The summed E-state index contributed by atoms with van der Waals surface area (Å²) < 4.78 is 17.7. The van der Waals surface area contributed by atoms with Crippen molar-refractivity contribution in [2.24, 2.45) is 0 Å². The van der Waals surface area contributed by atoms with Crippen LogP contribution in [-0.2, 0) is 21.6 Å². The maximum absolute atomic E-state index is 13.2. The topological polar surface area (TPSA) is 179 Å². The first kappa shape index (κ1) is 34.6. The van der Waals surface area contributed by atoms with Crippen molar-refractivity contribution in [3.63, 3.8) is 0 Å². The number of aryl methyl sites for hydroxylation is 1. The third kappa shape index (κ3) is 6.77. The first-order chi connectivity index (χ1) is 26.0. The molecule has 274 valence electrons. The van der Waals surface area contributed by atoms with Crippen molar-refractivity contribution < 1.29 is 33.1 Å². The monoisotopic (exact) mass is 727 g/mol. The molecule has 14 heteroatoms. The van der Waals surface area contributed by atoms with Gasteiger partial charge in [0.15, 0.2) is 0 Å². The molecule has 1 atom stereocenters. The van der Waals surface area contributed by atoms with Gasteiger partial charge < -0.3 is 19.2 Å². The molecule has 1 saturated carbocycles. The van der Waals surface area contributed by atoms with Gasteiger partial charge in [-0.2, -0.15) is 0 Å². The Morgan fingerprint density at radius 1 is 0.889 bits per heavy atom. The average Bonchev–Trinajstić information content (AvgIpc) is 3.70. The number of nitrogens with zero attached hydrogens (tertiary/aromatic N) is 5. The van der Waals surface area contributed by atoms with Crippen molar-refractivity contribution in [2.75, 3.05) is 5.32 Å². The van der Waals surface area contributed by atoms with Crippen LogP contribution >= 0.6 is 0 Å². The number of ether oxygens (including phenoxy) is 2. The Bertz CT molecular complexity index is 2260. The van der Waals surface area contributed by atoms with Crippen LogP contribution in [0.4, 0.5) is 5.69 Å². The predicted molar refractivity (Wildman–Crippen MR) is 194 cm³/mol. The van der Waals surface area contributed by atoms with Crippen LogP contribution in [0.25, 0.3) is 11.7 Å². The van der Waals surface area contributed by atoms with Crippen LogP contribution in [0.3, 0.4) is 0 Å². The third-order valence-corrected chi connectivity index (χ3v) is 10.2. The largest absolute Gasteiger partial charge is 0.490 e. The molecule has 1 unspecified atom stereocenters. The second-order valence-corrected chi connectivity index (χ2v) is 14.2. The van der Waals surface area contributed by atoms with E-state index in [-0.39, 0.29) is 54.0 Å². The zero-order chi connectivity index (χ0) is 37.6. The second kappa shape index (κ2) is 13.8. The molecule has 2 N–H and O–H groups in total. The van der Waals surface area contributed by atoms with E-state index in [0.717, 1.165) is 40.4 Å². The number of hydrogen-bond acceptors (Lipinski definition) is 12. The maximum Gasteiger partial charge on any atom is 0.285 e. The van der Waals surface area contributed by atoms with Crippen LogP contribution in [-0.4, -0.2) is 66.9 Å². The van der Waals surface area contributed by atoms with Gasteiger partial charge in [-0.05, 0) is 66.1 Å². The number of piperidine rings is 1. The Balaban J connectivity index is 0.822. The van der Waals surface area contributed by atoms with Gasteiger partial charge in [0.1, 0.15) is 30.3 Å². The van der Waals surface area contributed by atoms with E-state index in [4.69, 9.17) is 13.9 Å². The predicted octanol–water partition coefficient (Wildman–Crippen LogP) is 5.16. The van der Waals surface area contributed by atoms with Crippen molar-refractivity contribution in [2.45, 2.75) is 76.7 Å². The number of carbonyl (C=O) groups is 4. The second-order valence-electron chi connectivity index (χ2n) is 14.2. The fourth-order valence-corrected chi connectivity index (χ4v) is 6.98. The molecule has 3 aromatic carbocycles. The molecule has 0 spiro atoms. The molecule has 2 aromatic heterocycles. The van der Waals surface area contributed by atoms with Gasteiger partial charge in [0.2, 0.25) is 23.5 Å². The van der Waals surface area contributed by atoms with E-state index in [9.17, 15) is 19.2 Å². The number of benzene rings is 3. The quantitative estimate of drug-likeness (QED) is 0.171. The molecule has 0 radical (unpaired) electrons. The van der Waals surface area contributed by atoms with Gasteiger partial charge in [-0.25, -0.2) is 9.97 Å². The molecule has 3 aliphatic rings. The van der Waals surface area contributed by atoms with Crippen molar-refractivity contribution in [1.82, 2.24) is 30.4 Å². The van der Waals surface area contributed by atoms with Gasteiger partial charge >= 0.3 is 0 Å². The van der Waals surface area contributed by atoms with Gasteiger partial charge in [0.25, 0.3) is 17.7 Å². The van der Waals surface area contributed by atoms with Gasteiger partial charge in [-0.3, -0.25) is 29.4 Å². The summed E-state index contributed by atoms with van der Waals surface area (Å²) in [5.74, 6) is 0.501. The molecule has 0 bridgehead atoms. The molecule has 1 saturated heterocycles. The SMILES string of the molecule is Cc1nnc(-c2nccc(COc3ccc(C(C)(C)c4ccc(O[C@H]5C[C@@H](Nc6ccc7c(c6)C(=O)N(C6CCC(=O)NC6=O)C7=O)C5)cc4)cc3)n2)o1. The smallest absolute Gasteiger partial charge is 0.285 e. The number of nitrogens with one attached hydrogen (secondary N) is 2. The zero-order valence-corrected chi connectivity index (χ0v) is 29.9. The van der Waals surface area contributed by atoms with E-state index < -0.39 is 29.7 Å². The molecule has 4 amide bonds. The van der Waals surface area contributed by atoms with Crippen LogP contribution in [0.2, 0.25) is 0 Å². The van der Waals surface area contributed by atoms with Crippen molar-refractivity contribution in [3.8, 4) is 23.2 Å². The normalized spacial score (nSPS) is 19.6. The standard InChI is InChI=1S/C40H37N7O7/c1-22-45-46-37(53-22)35-41-17-16-26(43-35)21-52-28-9-4-23(5-10-28)40(2,3)24-6-11-29(12-7-24)54-30-18-27(19-30)42-25-8-13-31-32(20-25)39(51)47(38(31)50)33-14-15-34(48)44-36(33)49/h4-13,16-17,20,27,30,33,42H,14-15,18-19,21H2,1-3H3,(H,44,48,49)/t27-,30+,33?. The molecule has 5 aromatic rings. The number of aromatic nitrogens is 4. The fourth-order valence-electron chi connectivity index (χ4n) is 6.98. The van der Waals surface area contributed by atoms with Crippen LogP contribution in [0.5, 0.6) is 11.5 Å². The van der Waals surface area contributed by atoms with Crippen LogP contribution < -0.4 is 20.1 Å². The van der Waals surface area contributed by atoms with Crippen LogP contribution in [0.15, 0.2) is 83.4 Å². The number of fused-ring (bicyclic) bond motifs is 1. The first-order valence-electron chi connectivity index (χ1n) is 17.8. The summed E-state index contributed by atoms with van der Waals surface area (Å²) in [4.78, 5) is 59.8. The van der Waals surface area contributed by atoms with Crippen LogP contribution in [0, 0.1) is 6.92 Å². The summed E-state index contributed by atoms with van der Waals surface area (Å²) in [5.41, 5.74) is 3.91. The van der Waals surface area contributed by atoms with Crippen molar-refractivity contribution >= 4 is 29.3 Å². The lowest BCUT2D eigenvalue weighted by Gasteiger charge is -2.36. The van der Waals surface area contributed by atoms with E-state index in [2.05, 4.69) is 68.9 Å². The van der Waals surface area contributed by atoms with Gasteiger partial charge in [-0.15, -0.1) is 10.2 Å². The Morgan fingerprint density at radius 3 is 2.28 bits per heavy atom. The molecular weight excluding hydrogens is 690 g/mol. The highest BCUT2D eigenvalue weighted by Gasteiger charge is 2.45. The molecule has 2 aliphatic heterocycles. The number of carbonyl (C=O) groups excluding carboxylic acids is 4. The highest BCUT2D eigenvalue weighted by molar-refractivity contribution is 6.23. The van der Waals surface area contributed by atoms with E-state index in [1.54, 1.807) is 37.4 Å². The average molecular weight is 728 g/mol. The lowest BCUT2D eigenvalue weighted by molar-refractivity contribution is -0.136. The molecule has 14 nitrogen and oxygen atoms in total. The molecule has 2 fully saturated rings. The summed E-state index contributed by atoms with van der Waals surface area (Å²) >= 11 is 0. The van der Waals surface area contributed by atoms with Gasteiger partial charge in [0, 0.05) is 49.5 Å². The molecule has 54 heavy (non-hydrogen) atoms. The number of amides is 4. The van der Waals surface area contributed by atoms with Crippen molar-refractivity contribution in [3.05, 3.63) is 113 Å². The maximum atomic E-state index is 13.2. The molecule has 1 aliphatic carbocycles. The third-order valence-electron chi connectivity index (χ3n) is 10.2. The summed E-state index contributed by atoms with van der Waals surface area (Å²) in [5, 5.41) is 13.5. The highest BCUT2D eigenvalue weighted by Crippen LogP contribution is 2.36. The summed E-state index contributed by atoms with van der Waals surface area (Å²) in [7, 11) is 0. The van der Waals surface area contributed by atoms with Crippen molar-refractivity contribution in [1.29, 1.82) is 0 Å². The Labute approximate surface area is 310 Å². The first-order valence-corrected chi connectivity index (χ1v) is 17.8. The highest BCUT2D eigenvalue weighted by atomic mass is 16.5. The minimum absolute atomic E-state index is 0.0338. The lowest BCUT2D eigenvalue weighted by atomic mass is 9.78. The Morgan fingerprint density at radius 2 is 1.59 bits per heavy atom. The minimum atomic E-state index is -0.990. The number of imide groups is 2. The Hall–Kier alpha value is -6.44. The van der Waals surface area contributed by atoms with Crippen LogP contribution in [0.1, 0.15) is 83.0 Å². The summed E-state index contributed by atoms with van der Waals surface area (Å²) in [6, 6.07) is 22.2. The number of hydrogen-bond donors (Lipinski definition) is 2. The molecule has 8 rings (SSSR count). The lowest BCUT2D eigenvalue weighted by Crippen LogP contribution is -2.54. The van der Waals surface area contributed by atoms with Gasteiger partial charge in [-0.1, -0.05) is 38.1 Å².